The van der Waals surface area contributed by atoms with Crippen molar-refractivity contribution in [2.45, 2.75) is 39.3 Å². The van der Waals surface area contributed by atoms with E-state index in [1.165, 1.54) is 11.1 Å². The molecule has 0 spiro atoms. The number of nitrogens with zero attached hydrogens (tertiary/aromatic N) is 2. The Morgan fingerprint density at radius 2 is 1.55 bits per heavy atom. The molecule has 3 heteroatoms. The Kier molecular flexibility index (Phi) is 7.97. The summed E-state index contributed by atoms with van der Waals surface area (Å²) < 4.78 is 0. The van der Waals surface area contributed by atoms with Crippen LogP contribution in [0, 0.1) is 5.92 Å². The van der Waals surface area contributed by atoms with Gasteiger partial charge in [0.2, 0.25) is 0 Å². The lowest BCUT2D eigenvalue weighted by atomic mass is 10.0. The molecule has 0 radical (unpaired) electrons. The van der Waals surface area contributed by atoms with Crippen LogP contribution in [0.2, 0.25) is 0 Å². The third kappa shape index (κ3) is 7.12. The fraction of sp³-hybridized carbons (Fsp3) is 0.346. The number of aliphatic hydroxyl groups excluding tert-OH is 1. The van der Waals surface area contributed by atoms with Crippen LogP contribution in [-0.4, -0.2) is 34.2 Å². The van der Waals surface area contributed by atoms with E-state index in [2.05, 4.69) is 72.3 Å². The van der Waals surface area contributed by atoms with E-state index in [4.69, 9.17) is 0 Å². The van der Waals surface area contributed by atoms with E-state index in [9.17, 15) is 5.11 Å². The van der Waals surface area contributed by atoms with E-state index in [0.29, 0.717) is 12.5 Å². The average molecular weight is 389 g/mol. The van der Waals surface area contributed by atoms with Crippen molar-refractivity contribution >= 4 is 0 Å². The van der Waals surface area contributed by atoms with Crippen LogP contribution < -0.4 is 0 Å². The molecule has 1 atom stereocenters. The Hall–Kier alpha value is -2.49. The zero-order valence-corrected chi connectivity index (χ0v) is 17.5. The molecule has 3 nitrogen and oxygen atoms in total. The van der Waals surface area contributed by atoms with Crippen molar-refractivity contribution in [3.05, 3.63) is 90.1 Å². The number of benzene rings is 2. The van der Waals surface area contributed by atoms with Crippen LogP contribution in [0.15, 0.2) is 79.0 Å². The Balaban J connectivity index is 1.58. The van der Waals surface area contributed by atoms with Crippen molar-refractivity contribution < 1.29 is 5.11 Å². The van der Waals surface area contributed by atoms with Crippen molar-refractivity contribution in [2.75, 3.05) is 13.1 Å². The highest BCUT2D eigenvalue weighted by molar-refractivity contribution is 5.58. The summed E-state index contributed by atoms with van der Waals surface area (Å²) >= 11 is 0. The standard InChI is InChI=1S/C26H32N2O/c1-21(2)18-28(20-25(29)16-13-22-8-4-3-5-9-22)19-23-11-14-24(15-12-23)26-10-6-7-17-27-26/h3-12,14-15,17,21,25,29H,13,16,18-20H2,1-2H3. The normalized spacial score (nSPS) is 12.4. The van der Waals surface area contributed by atoms with Gasteiger partial charge in [0, 0.05) is 31.4 Å². The van der Waals surface area contributed by atoms with Crippen LogP contribution in [0.4, 0.5) is 0 Å². The Morgan fingerprint density at radius 1 is 0.828 bits per heavy atom. The molecule has 29 heavy (non-hydrogen) atoms. The summed E-state index contributed by atoms with van der Waals surface area (Å²) in [4.78, 5) is 6.79. The molecular formula is C26H32N2O. The summed E-state index contributed by atoms with van der Waals surface area (Å²) in [6, 6.07) is 25.0. The number of hydrogen-bond acceptors (Lipinski definition) is 3. The fourth-order valence-corrected chi connectivity index (χ4v) is 3.66. The fourth-order valence-electron chi connectivity index (χ4n) is 3.66. The largest absolute Gasteiger partial charge is 0.392 e. The van der Waals surface area contributed by atoms with Crippen LogP contribution in [0.25, 0.3) is 11.3 Å². The zero-order chi connectivity index (χ0) is 20.5. The summed E-state index contributed by atoms with van der Waals surface area (Å²) in [6.45, 7) is 6.99. The van der Waals surface area contributed by atoms with Crippen molar-refractivity contribution in [1.29, 1.82) is 0 Å². The number of aliphatic hydroxyl groups is 1. The molecule has 1 N–H and O–H groups in total. The molecule has 3 rings (SSSR count). The SMILES string of the molecule is CC(C)CN(Cc1ccc(-c2ccccn2)cc1)CC(O)CCc1ccccc1. The number of pyridine rings is 1. The second kappa shape index (κ2) is 10.9. The Labute approximate surface area is 175 Å². The predicted molar refractivity (Wildman–Crippen MR) is 121 cm³/mol. The molecule has 3 aromatic rings. The van der Waals surface area contributed by atoms with Gasteiger partial charge in [0.25, 0.3) is 0 Å². The summed E-state index contributed by atoms with van der Waals surface area (Å²) in [5.74, 6) is 0.559. The van der Waals surface area contributed by atoms with Crippen LogP contribution in [0.1, 0.15) is 31.4 Å². The molecule has 0 saturated heterocycles. The van der Waals surface area contributed by atoms with E-state index < -0.39 is 0 Å². The molecule has 1 heterocycles. The molecule has 0 aliphatic rings. The van der Waals surface area contributed by atoms with Crippen molar-refractivity contribution in [2.24, 2.45) is 5.92 Å². The minimum Gasteiger partial charge on any atom is -0.392 e. The topological polar surface area (TPSA) is 36.4 Å². The van der Waals surface area contributed by atoms with Crippen LogP contribution >= 0.6 is 0 Å². The zero-order valence-electron chi connectivity index (χ0n) is 17.5. The summed E-state index contributed by atoms with van der Waals surface area (Å²) in [7, 11) is 0. The van der Waals surface area contributed by atoms with Crippen molar-refractivity contribution in [3.8, 4) is 11.3 Å². The van der Waals surface area contributed by atoms with Gasteiger partial charge in [0.15, 0.2) is 0 Å². The molecule has 0 saturated carbocycles. The number of aromatic nitrogens is 1. The van der Waals surface area contributed by atoms with Crippen LogP contribution in [-0.2, 0) is 13.0 Å². The molecule has 2 aromatic carbocycles. The first-order valence-electron chi connectivity index (χ1n) is 10.5. The highest BCUT2D eigenvalue weighted by Crippen LogP contribution is 2.18. The summed E-state index contributed by atoms with van der Waals surface area (Å²) in [5, 5.41) is 10.6. The molecule has 0 bridgehead atoms. The highest BCUT2D eigenvalue weighted by atomic mass is 16.3. The second-order valence-corrected chi connectivity index (χ2v) is 8.18. The molecular weight excluding hydrogens is 356 g/mol. The van der Waals surface area contributed by atoms with Crippen molar-refractivity contribution in [1.82, 2.24) is 9.88 Å². The maximum atomic E-state index is 10.6. The lowest BCUT2D eigenvalue weighted by Crippen LogP contribution is -2.35. The Morgan fingerprint density at radius 3 is 2.21 bits per heavy atom. The van der Waals surface area contributed by atoms with Crippen molar-refractivity contribution in [3.63, 3.8) is 0 Å². The quantitative estimate of drug-likeness (QED) is 0.518. The first-order chi connectivity index (χ1) is 14.1. The highest BCUT2D eigenvalue weighted by Gasteiger charge is 2.14. The Bertz CT molecular complexity index is 832. The van der Waals surface area contributed by atoms with Crippen LogP contribution in [0.3, 0.4) is 0 Å². The predicted octanol–water partition coefficient (Wildman–Crippen LogP) is 5.20. The van der Waals surface area contributed by atoms with Gasteiger partial charge in [-0.2, -0.15) is 0 Å². The van der Waals surface area contributed by atoms with Crippen LogP contribution in [0.5, 0.6) is 0 Å². The molecule has 0 fully saturated rings. The first kappa shape index (κ1) is 21.2. The van der Waals surface area contributed by atoms with E-state index in [0.717, 1.165) is 37.2 Å². The molecule has 0 aliphatic carbocycles. The maximum absolute atomic E-state index is 10.6. The van der Waals surface area contributed by atoms with E-state index in [-0.39, 0.29) is 6.10 Å². The molecule has 1 unspecified atom stereocenters. The molecule has 152 valence electrons. The van der Waals surface area contributed by atoms with E-state index in [1.54, 1.807) is 0 Å². The first-order valence-corrected chi connectivity index (χ1v) is 10.5. The lowest BCUT2D eigenvalue weighted by molar-refractivity contribution is 0.0952. The van der Waals surface area contributed by atoms with Gasteiger partial charge in [-0.25, -0.2) is 0 Å². The van der Waals surface area contributed by atoms with Gasteiger partial charge in [0.1, 0.15) is 0 Å². The maximum Gasteiger partial charge on any atom is 0.0701 e. The third-order valence-electron chi connectivity index (χ3n) is 5.02. The van der Waals surface area contributed by atoms with E-state index >= 15 is 0 Å². The molecule has 0 amide bonds. The second-order valence-electron chi connectivity index (χ2n) is 8.18. The van der Waals surface area contributed by atoms with Gasteiger partial charge >= 0.3 is 0 Å². The number of rotatable bonds is 10. The van der Waals surface area contributed by atoms with Gasteiger partial charge in [0.05, 0.1) is 11.8 Å². The minimum absolute atomic E-state index is 0.318. The molecule has 1 aromatic heterocycles. The number of hydrogen-bond donors (Lipinski definition) is 1. The monoisotopic (exact) mass is 388 g/mol. The van der Waals surface area contributed by atoms with Gasteiger partial charge in [-0.15, -0.1) is 0 Å². The van der Waals surface area contributed by atoms with Gasteiger partial charge < -0.3 is 5.11 Å². The molecule has 0 aliphatic heterocycles. The smallest absolute Gasteiger partial charge is 0.0701 e. The minimum atomic E-state index is -0.318. The van der Waals surface area contributed by atoms with Gasteiger partial charge in [-0.05, 0) is 42.0 Å². The lowest BCUT2D eigenvalue weighted by Gasteiger charge is -2.27. The van der Waals surface area contributed by atoms with Gasteiger partial charge in [-0.1, -0.05) is 74.5 Å². The summed E-state index contributed by atoms with van der Waals surface area (Å²) in [5.41, 5.74) is 4.68. The average Bonchev–Trinajstić information content (AvgIpc) is 2.74. The summed E-state index contributed by atoms with van der Waals surface area (Å²) in [6.07, 6.45) is 3.21. The van der Waals surface area contributed by atoms with E-state index in [1.807, 2.05) is 30.5 Å². The number of aryl methyl sites for hydroxylation is 1. The van der Waals surface area contributed by atoms with Gasteiger partial charge in [-0.3, -0.25) is 9.88 Å². The third-order valence-corrected chi connectivity index (χ3v) is 5.02.